The van der Waals surface area contributed by atoms with Crippen molar-refractivity contribution in [1.29, 1.82) is 0 Å². The maximum absolute atomic E-state index is 12.3. The molecule has 1 fully saturated rings. The minimum Gasteiger partial charge on any atom is -0.352 e. The zero-order valence-electron chi connectivity index (χ0n) is 14.8. The van der Waals surface area contributed by atoms with Gasteiger partial charge in [0.15, 0.2) is 0 Å². The van der Waals surface area contributed by atoms with E-state index in [9.17, 15) is 4.79 Å². The van der Waals surface area contributed by atoms with Crippen LogP contribution in [0.2, 0.25) is 0 Å². The molecule has 2 rings (SSSR count). The van der Waals surface area contributed by atoms with Crippen LogP contribution in [0.3, 0.4) is 0 Å². The molecule has 0 spiro atoms. The highest BCUT2D eigenvalue weighted by Crippen LogP contribution is 2.29. The number of amides is 1. The molecule has 0 aromatic heterocycles. The van der Waals surface area contributed by atoms with E-state index >= 15 is 0 Å². The van der Waals surface area contributed by atoms with Gasteiger partial charge in [0, 0.05) is 17.5 Å². The number of nitrogens with one attached hydrogen (secondary N) is 1. The molecule has 1 amide bonds. The van der Waals surface area contributed by atoms with Gasteiger partial charge in [0.25, 0.3) is 0 Å². The van der Waals surface area contributed by atoms with Gasteiger partial charge in [0.1, 0.15) is 0 Å². The smallest absolute Gasteiger partial charge is 0.234 e. The first-order chi connectivity index (χ1) is 11.0. The fourth-order valence-electron chi connectivity index (χ4n) is 3.38. The number of carbonyl (C=O) groups excluding carboxylic acids is 1. The molecule has 0 heterocycles. The topological polar surface area (TPSA) is 32.3 Å². The normalized spacial score (nSPS) is 24.7. The molecule has 0 saturated heterocycles. The molecule has 1 aromatic rings. The predicted molar refractivity (Wildman–Crippen MR) is 98.7 cm³/mol. The lowest BCUT2D eigenvalue weighted by Crippen LogP contribution is -2.46. The zero-order valence-corrected chi connectivity index (χ0v) is 15.7. The lowest BCUT2D eigenvalue weighted by molar-refractivity contribution is -0.123. The Morgan fingerprint density at radius 1 is 1.26 bits per heavy atom. The maximum atomic E-state index is 12.3. The van der Waals surface area contributed by atoms with Gasteiger partial charge in [-0.15, -0.1) is 11.8 Å². The van der Waals surface area contributed by atoms with Crippen LogP contribution in [0, 0.1) is 11.8 Å². The molecule has 1 saturated carbocycles. The van der Waals surface area contributed by atoms with E-state index in [0.717, 1.165) is 13.0 Å². The third kappa shape index (κ3) is 5.54. The summed E-state index contributed by atoms with van der Waals surface area (Å²) in [7, 11) is 2.01. The molecule has 1 aliphatic rings. The summed E-state index contributed by atoms with van der Waals surface area (Å²) >= 11 is 1.75. The van der Waals surface area contributed by atoms with Crippen molar-refractivity contribution in [3.8, 4) is 0 Å². The van der Waals surface area contributed by atoms with Crippen LogP contribution < -0.4 is 5.32 Å². The molecule has 23 heavy (non-hydrogen) atoms. The van der Waals surface area contributed by atoms with Gasteiger partial charge in [-0.3, -0.25) is 9.69 Å². The molecule has 1 aliphatic carbocycles. The van der Waals surface area contributed by atoms with E-state index in [4.69, 9.17) is 0 Å². The average molecular weight is 335 g/mol. The predicted octanol–water partition coefficient (Wildman–Crippen LogP) is 3.78. The van der Waals surface area contributed by atoms with E-state index in [-0.39, 0.29) is 5.91 Å². The number of benzene rings is 1. The minimum atomic E-state index is 0.152. The average Bonchev–Trinajstić information content (AvgIpc) is 2.52. The molecule has 0 unspecified atom stereocenters. The fourth-order valence-corrected chi connectivity index (χ4v) is 3.79. The van der Waals surface area contributed by atoms with Crippen LogP contribution in [0.5, 0.6) is 0 Å². The number of hydrogen-bond acceptors (Lipinski definition) is 3. The van der Waals surface area contributed by atoms with Crippen molar-refractivity contribution in [2.24, 2.45) is 11.8 Å². The fraction of sp³-hybridized carbons (Fsp3) is 0.632. The van der Waals surface area contributed by atoms with Crippen LogP contribution in [0.1, 0.15) is 38.7 Å². The third-order valence-corrected chi connectivity index (χ3v) is 5.82. The molecule has 0 radical (unpaired) electrons. The SMILES string of the molecule is CSc1ccc(CN(C)CC(=O)N[C@H]2CCC[C@@H](C)[C@@H]2C)cc1. The van der Waals surface area contributed by atoms with E-state index in [1.165, 1.54) is 23.3 Å². The van der Waals surface area contributed by atoms with Gasteiger partial charge in [-0.25, -0.2) is 0 Å². The number of nitrogens with zero attached hydrogens (tertiary/aromatic N) is 1. The highest BCUT2D eigenvalue weighted by molar-refractivity contribution is 7.98. The lowest BCUT2D eigenvalue weighted by Gasteiger charge is -2.35. The molecule has 3 nitrogen and oxygen atoms in total. The summed E-state index contributed by atoms with van der Waals surface area (Å²) in [5, 5.41) is 3.25. The number of thioether (sulfide) groups is 1. The van der Waals surface area contributed by atoms with Crippen molar-refractivity contribution in [3.63, 3.8) is 0 Å². The van der Waals surface area contributed by atoms with E-state index in [1.807, 2.05) is 7.05 Å². The van der Waals surface area contributed by atoms with Crippen LogP contribution >= 0.6 is 11.8 Å². The Bertz CT molecular complexity index is 503. The molecule has 128 valence electrons. The van der Waals surface area contributed by atoms with Gasteiger partial charge < -0.3 is 5.32 Å². The first-order valence-corrected chi connectivity index (χ1v) is 9.83. The molecular formula is C19H30N2OS. The second kappa shape index (κ2) is 8.74. The molecule has 1 aromatic carbocycles. The second-order valence-electron chi connectivity index (χ2n) is 6.96. The molecule has 3 atom stereocenters. The monoisotopic (exact) mass is 334 g/mol. The molecular weight excluding hydrogens is 304 g/mol. The van der Waals surface area contributed by atoms with Crippen molar-refractivity contribution in [1.82, 2.24) is 10.2 Å². The van der Waals surface area contributed by atoms with Crippen LogP contribution in [-0.2, 0) is 11.3 Å². The molecule has 4 heteroatoms. The third-order valence-electron chi connectivity index (χ3n) is 5.08. The Kier molecular flexibility index (Phi) is 6.97. The van der Waals surface area contributed by atoms with Gasteiger partial charge in [-0.2, -0.15) is 0 Å². The first-order valence-electron chi connectivity index (χ1n) is 8.60. The first kappa shape index (κ1) is 18.3. The Balaban J connectivity index is 1.79. The second-order valence-corrected chi connectivity index (χ2v) is 7.84. The summed E-state index contributed by atoms with van der Waals surface area (Å²) in [4.78, 5) is 15.7. The molecule has 0 aliphatic heterocycles. The highest BCUT2D eigenvalue weighted by Gasteiger charge is 2.28. The minimum absolute atomic E-state index is 0.152. The summed E-state index contributed by atoms with van der Waals surface area (Å²) in [6, 6.07) is 8.91. The van der Waals surface area contributed by atoms with Gasteiger partial charge in [-0.1, -0.05) is 38.8 Å². The van der Waals surface area contributed by atoms with E-state index < -0.39 is 0 Å². The number of rotatable bonds is 6. The van der Waals surface area contributed by atoms with E-state index in [1.54, 1.807) is 11.8 Å². The summed E-state index contributed by atoms with van der Waals surface area (Å²) < 4.78 is 0. The Hall–Kier alpha value is -1.00. The van der Waals surface area contributed by atoms with Crippen molar-refractivity contribution in [2.45, 2.75) is 50.6 Å². The number of carbonyl (C=O) groups is 1. The lowest BCUT2D eigenvalue weighted by atomic mass is 9.78. The van der Waals surface area contributed by atoms with E-state index in [0.29, 0.717) is 24.4 Å². The number of hydrogen-bond donors (Lipinski definition) is 1. The van der Waals surface area contributed by atoms with Crippen LogP contribution in [0.25, 0.3) is 0 Å². The highest BCUT2D eigenvalue weighted by atomic mass is 32.2. The van der Waals surface area contributed by atoms with Crippen molar-refractivity contribution in [2.75, 3.05) is 19.8 Å². The zero-order chi connectivity index (χ0) is 16.8. The van der Waals surface area contributed by atoms with Crippen LogP contribution in [0.15, 0.2) is 29.2 Å². The molecule has 0 bridgehead atoms. The summed E-state index contributed by atoms with van der Waals surface area (Å²) in [6.07, 6.45) is 5.73. The van der Waals surface area contributed by atoms with Gasteiger partial charge in [-0.05, 0) is 49.3 Å². The Labute approximate surface area is 145 Å². The summed E-state index contributed by atoms with van der Waals surface area (Å²) in [6.45, 7) is 5.83. The van der Waals surface area contributed by atoms with Crippen molar-refractivity contribution >= 4 is 17.7 Å². The molecule has 1 N–H and O–H groups in total. The van der Waals surface area contributed by atoms with E-state index in [2.05, 4.69) is 54.6 Å². The van der Waals surface area contributed by atoms with Gasteiger partial charge >= 0.3 is 0 Å². The Morgan fingerprint density at radius 3 is 2.61 bits per heavy atom. The Morgan fingerprint density at radius 2 is 1.96 bits per heavy atom. The summed E-state index contributed by atoms with van der Waals surface area (Å²) in [5.41, 5.74) is 1.25. The number of likely N-dealkylation sites (N-methyl/N-ethyl adjacent to an activating group) is 1. The van der Waals surface area contributed by atoms with Crippen molar-refractivity contribution < 1.29 is 4.79 Å². The van der Waals surface area contributed by atoms with Gasteiger partial charge in [0.2, 0.25) is 5.91 Å². The standard InChI is InChI=1S/C19H30N2OS/c1-14-6-5-7-18(15(14)2)20-19(22)13-21(3)12-16-8-10-17(23-4)11-9-16/h8-11,14-15,18H,5-7,12-13H2,1-4H3,(H,20,22)/t14-,15+,18+/m1/s1. The maximum Gasteiger partial charge on any atom is 0.234 e. The largest absolute Gasteiger partial charge is 0.352 e. The van der Waals surface area contributed by atoms with Crippen LogP contribution in [-0.4, -0.2) is 36.7 Å². The quantitative estimate of drug-likeness (QED) is 0.804. The van der Waals surface area contributed by atoms with Crippen LogP contribution in [0.4, 0.5) is 0 Å². The van der Waals surface area contributed by atoms with Gasteiger partial charge in [0.05, 0.1) is 6.54 Å². The summed E-state index contributed by atoms with van der Waals surface area (Å²) in [5.74, 6) is 1.44. The van der Waals surface area contributed by atoms with Crippen molar-refractivity contribution in [3.05, 3.63) is 29.8 Å².